The number of carbonyl (C=O) groups excluding carboxylic acids is 1. The molecule has 3 rings (SSSR count). The number of nitrogens with zero attached hydrogens (tertiary/aromatic N) is 3. The molecule has 0 aliphatic carbocycles. The standard InChI is InChI=1S/C17H21N5O5/c18-11(6-10-4-2-1-3-5-10)15(24)26-8-13-12(23)7-14(27-13)22-9-20-16(19)21-17(22)25/h1-5,9,11-14,23H,6-8,18H2,(H2,19,21,25)/t11-,12-,13+,14+/m0/s1. The number of ether oxygens (including phenoxy) is 2. The van der Waals surface area contributed by atoms with Gasteiger partial charge in [-0.15, -0.1) is 0 Å². The van der Waals surface area contributed by atoms with E-state index < -0.39 is 36.1 Å². The van der Waals surface area contributed by atoms with Gasteiger partial charge in [0.05, 0.1) is 6.10 Å². The highest BCUT2D eigenvalue weighted by Crippen LogP contribution is 2.27. The van der Waals surface area contributed by atoms with Crippen molar-refractivity contribution in [1.82, 2.24) is 14.5 Å². The highest BCUT2D eigenvalue weighted by Gasteiger charge is 2.36. The molecule has 0 unspecified atom stereocenters. The summed E-state index contributed by atoms with van der Waals surface area (Å²) < 4.78 is 11.9. The van der Waals surface area contributed by atoms with Gasteiger partial charge in [-0.2, -0.15) is 4.98 Å². The second kappa shape index (κ2) is 8.25. The van der Waals surface area contributed by atoms with Gasteiger partial charge in [0.15, 0.2) is 0 Å². The molecule has 144 valence electrons. The van der Waals surface area contributed by atoms with Crippen LogP contribution >= 0.6 is 0 Å². The van der Waals surface area contributed by atoms with Crippen molar-refractivity contribution in [3.63, 3.8) is 0 Å². The molecule has 27 heavy (non-hydrogen) atoms. The van der Waals surface area contributed by atoms with E-state index in [1.807, 2.05) is 30.3 Å². The Bertz CT molecular complexity index is 843. The molecular formula is C17H21N5O5. The molecule has 2 heterocycles. The first-order valence-electron chi connectivity index (χ1n) is 8.44. The molecule has 10 nitrogen and oxygen atoms in total. The van der Waals surface area contributed by atoms with Crippen LogP contribution in [0.3, 0.4) is 0 Å². The average Bonchev–Trinajstić information content (AvgIpc) is 3.01. The highest BCUT2D eigenvalue weighted by atomic mass is 16.6. The van der Waals surface area contributed by atoms with E-state index >= 15 is 0 Å². The Hall–Kier alpha value is -2.82. The maximum atomic E-state index is 12.1. The molecule has 1 aromatic heterocycles. The number of rotatable bonds is 6. The quantitative estimate of drug-likeness (QED) is 0.538. The largest absolute Gasteiger partial charge is 0.462 e. The predicted octanol–water partition coefficient (Wildman–Crippen LogP) is -1.02. The van der Waals surface area contributed by atoms with Crippen molar-refractivity contribution in [2.24, 2.45) is 5.73 Å². The summed E-state index contributed by atoms with van der Waals surface area (Å²) in [7, 11) is 0. The second-order valence-electron chi connectivity index (χ2n) is 6.26. The third-order valence-electron chi connectivity index (χ3n) is 4.25. The van der Waals surface area contributed by atoms with Crippen LogP contribution in [0.2, 0.25) is 0 Å². The Kier molecular flexibility index (Phi) is 5.79. The van der Waals surface area contributed by atoms with Crippen LogP contribution in [-0.4, -0.2) is 50.5 Å². The highest BCUT2D eigenvalue weighted by molar-refractivity contribution is 5.75. The zero-order valence-electron chi connectivity index (χ0n) is 14.5. The number of aliphatic hydroxyl groups excluding tert-OH is 1. The van der Waals surface area contributed by atoms with Crippen molar-refractivity contribution < 1.29 is 19.4 Å². The smallest absolute Gasteiger partial charge is 0.354 e. The van der Waals surface area contributed by atoms with Crippen LogP contribution in [0, 0.1) is 0 Å². The number of benzene rings is 1. The number of hydrogen-bond donors (Lipinski definition) is 3. The van der Waals surface area contributed by atoms with E-state index in [0.29, 0.717) is 6.42 Å². The first-order valence-corrected chi connectivity index (χ1v) is 8.44. The summed E-state index contributed by atoms with van der Waals surface area (Å²) in [4.78, 5) is 31.2. The van der Waals surface area contributed by atoms with E-state index in [1.165, 1.54) is 6.33 Å². The van der Waals surface area contributed by atoms with Crippen molar-refractivity contribution >= 4 is 11.9 Å². The molecule has 0 amide bonds. The molecule has 0 spiro atoms. The van der Waals surface area contributed by atoms with E-state index in [-0.39, 0.29) is 19.0 Å². The van der Waals surface area contributed by atoms with Crippen LogP contribution < -0.4 is 17.2 Å². The molecule has 10 heteroatoms. The lowest BCUT2D eigenvalue weighted by Gasteiger charge is -2.17. The summed E-state index contributed by atoms with van der Waals surface area (Å²) in [5, 5.41) is 10.1. The SMILES string of the molecule is Nc1ncn([C@H]2C[C@H](O)[C@@H](COC(=O)[C@@H](N)Cc3ccccc3)O2)c(=O)n1. The van der Waals surface area contributed by atoms with E-state index in [0.717, 1.165) is 10.1 Å². The summed E-state index contributed by atoms with van der Waals surface area (Å²) in [5.41, 5.74) is 11.5. The summed E-state index contributed by atoms with van der Waals surface area (Å²) >= 11 is 0. The van der Waals surface area contributed by atoms with Crippen LogP contribution in [0.25, 0.3) is 0 Å². The van der Waals surface area contributed by atoms with Gasteiger partial charge >= 0.3 is 11.7 Å². The summed E-state index contributed by atoms with van der Waals surface area (Å²) in [5.74, 6) is -0.737. The van der Waals surface area contributed by atoms with Gasteiger partial charge in [-0.25, -0.2) is 9.78 Å². The summed E-state index contributed by atoms with van der Waals surface area (Å²) in [6, 6.07) is 8.51. The third kappa shape index (κ3) is 4.67. The molecule has 0 bridgehead atoms. The Labute approximate surface area is 154 Å². The number of nitrogen functional groups attached to an aromatic ring is 1. The Morgan fingerprint density at radius 2 is 2.15 bits per heavy atom. The van der Waals surface area contributed by atoms with Crippen molar-refractivity contribution in [3.05, 3.63) is 52.7 Å². The van der Waals surface area contributed by atoms with Crippen molar-refractivity contribution in [3.8, 4) is 0 Å². The van der Waals surface area contributed by atoms with Crippen LogP contribution in [-0.2, 0) is 20.7 Å². The lowest BCUT2D eigenvalue weighted by Crippen LogP contribution is -2.37. The number of aromatic nitrogens is 3. The Morgan fingerprint density at radius 1 is 1.41 bits per heavy atom. The zero-order chi connectivity index (χ0) is 19.4. The molecule has 1 saturated heterocycles. The third-order valence-corrected chi connectivity index (χ3v) is 4.25. The minimum atomic E-state index is -0.919. The van der Waals surface area contributed by atoms with Crippen molar-refractivity contribution in [2.45, 2.75) is 37.3 Å². The lowest BCUT2D eigenvalue weighted by molar-refractivity contribution is -0.151. The van der Waals surface area contributed by atoms with Crippen molar-refractivity contribution in [2.75, 3.05) is 12.3 Å². The summed E-state index contributed by atoms with van der Waals surface area (Å²) in [6.45, 7) is -0.177. The van der Waals surface area contributed by atoms with Gasteiger partial charge in [0.25, 0.3) is 0 Å². The minimum absolute atomic E-state index is 0.130. The second-order valence-corrected chi connectivity index (χ2v) is 6.26. The fraction of sp³-hybridized carbons (Fsp3) is 0.412. The van der Waals surface area contributed by atoms with Crippen LogP contribution in [0.4, 0.5) is 5.95 Å². The minimum Gasteiger partial charge on any atom is -0.462 e. The normalized spacial score (nSPS) is 23.1. The maximum absolute atomic E-state index is 12.1. The first kappa shape index (κ1) is 19.0. The van der Waals surface area contributed by atoms with Gasteiger partial charge < -0.3 is 26.0 Å². The van der Waals surface area contributed by atoms with Crippen molar-refractivity contribution in [1.29, 1.82) is 0 Å². The molecule has 0 saturated carbocycles. The topological polar surface area (TPSA) is 156 Å². The molecule has 0 radical (unpaired) electrons. The molecule has 1 aliphatic rings. The van der Waals surface area contributed by atoms with Gasteiger partial charge in [0, 0.05) is 6.42 Å². The molecule has 1 aliphatic heterocycles. The lowest BCUT2D eigenvalue weighted by atomic mass is 10.1. The number of carbonyl (C=O) groups is 1. The summed E-state index contributed by atoms with van der Waals surface area (Å²) in [6.07, 6.45) is -0.800. The van der Waals surface area contributed by atoms with Gasteiger partial charge in [-0.05, 0) is 12.0 Å². The number of anilines is 1. The number of nitrogens with two attached hydrogens (primary N) is 2. The maximum Gasteiger partial charge on any atom is 0.354 e. The number of aliphatic hydroxyl groups is 1. The molecule has 1 fully saturated rings. The first-order chi connectivity index (χ1) is 12.9. The molecular weight excluding hydrogens is 354 g/mol. The van der Waals surface area contributed by atoms with Crippen LogP contribution in [0.1, 0.15) is 18.2 Å². The average molecular weight is 375 g/mol. The molecule has 2 aromatic rings. The van der Waals surface area contributed by atoms with Gasteiger partial charge in [-0.1, -0.05) is 30.3 Å². The van der Waals surface area contributed by atoms with Crippen LogP contribution in [0.5, 0.6) is 0 Å². The van der Waals surface area contributed by atoms with Gasteiger partial charge in [-0.3, -0.25) is 9.36 Å². The van der Waals surface area contributed by atoms with E-state index in [2.05, 4.69) is 9.97 Å². The predicted molar refractivity (Wildman–Crippen MR) is 94.3 cm³/mol. The Morgan fingerprint density at radius 3 is 2.85 bits per heavy atom. The Balaban J connectivity index is 1.53. The van der Waals surface area contributed by atoms with Gasteiger partial charge in [0.1, 0.15) is 31.3 Å². The number of hydrogen-bond acceptors (Lipinski definition) is 9. The van der Waals surface area contributed by atoms with E-state index in [4.69, 9.17) is 20.9 Å². The fourth-order valence-corrected chi connectivity index (χ4v) is 2.81. The fourth-order valence-electron chi connectivity index (χ4n) is 2.81. The number of esters is 1. The van der Waals surface area contributed by atoms with Gasteiger partial charge in [0.2, 0.25) is 5.95 Å². The zero-order valence-corrected chi connectivity index (χ0v) is 14.5. The monoisotopic (exact) mass is 375 g/mol. The molecule has 4 atom stereocenters. The molecule has 1 aromatic carbocycles. The van der Waals surface area contributed by atoms with E-state index in [1.54, 1.807) is 0 Å². The van der Waals surface area contributed by atoms with Crippen LogP contribution in [0.15, 0.2) is 41.5 Å². The van der Waals surface area contributed by atoms with E-state index in [9.17, 15) is 14.7 Å². The molecule has 5 N–H and O–H groups in total.